The van der Waals surface area contributed by atoms with Crippen molar-refractivity contribution in [1.29, 1.82) is 0 Å². The second-order valence-electron chi connectivity index (χ2n) is 3.52. The van der Waals surface area contributed by atoms with E-state index in [1.54, 1.807) is 6.07 Å². The van der Waals surface area contributed by atoms with E-state index >= 15 is 0 Å². The third-order valence-corrected chi connectivity index (χ3v) is 2.87. The van der Waals surface area contributed by atoms with Gasteiger partial charge in [0, 0.05) is 10.9 Å². The van der Waals surface area contributed by atoms with Gasteiger partial charge in [-0.15, -0.1) is 0 Å². The van der Waals surface area contributed by atoms with Crippen LogP contribution in [0.3, 0.4) is 0 Å². The number of hydrogen-bond donors (Lipinski definition) is 0. The summed E-state index contributed by atoms with van der Waals surface area (Å²) in [6, 6.07) is 11.8. The molecule has 0 fully saturated rings. The Morgan fingerprint density at radius 2 is 1.62 bits per heavy atom. The summed E-state index contributed by atoms with van der Waals surface area (Å²) in [7, 11) is 0. The second-order valence-corrected chi connectivity index (χ2v) is 4.43. The SMILES string of the molecule is Fc1cccc(Cc2ccc(Br)cc2)c1F. The van der Waals surface area contributed by atoms with Gasteiger partial charge in [0.05, 0.1) is 0 Å². The number of benzene rings is 2. The van der Waals surface area contributed by atoms with Crippen LogP contribution in [0.15, 0.2) is 46.9 Å². The minimum Gasteiger partial charge on any atom is -0.204 e. The molecule has 2 aromatic rings. The molecule has 82 valence electrons. The number of halogens is 3. The predicted molar refractivity (Wildman–Crippen MR) is 63.3 cm³/mol. The van der Waals surface area contributed by atoms with Gasteiger partial charge in [-0.05, 0) is 29.3 Å². The molecule has 2 rings (SSSR count). The van der Waals surface area contributed by atoms with E-state index in [4.69, 9.17) is 0 Å². The van der Waals surface area contributed by atoms with Crippen LogP contribution in [-0.2, 0) is 6.42 Å². The molecule has 0 bridgehead atoms. The highest BCUT2D eigenvalue weighted by molar-refractivity contribution is 9.10. The zero-order valence-electron chi connectivity index (χ0n) is 8.38. The van der Waals surface area contributed by atoms with Crippen molar-refractivity contribution < 1.29 is 8.78 Å². The first-order valence-corrected chi connectivity index (χ1v) is 5.63. The van der Waals surface area contributed by atoms with Crippen LogP contribution in [0.4, 0.5) is 8.78 Å². The molecule has 0 aromatic heterocycles. The second kappa shape index (κ2) is 4.74. The van der Waals surface area contributed by atoms with Crippen molar-refractivity contribution >= 4 is 15.9 Å². The van der Waals surface area contributed by atoms with E-state index in [9.17, 15) is 8.78 Å². The maximum Gasteiger partial charge on any atom is 0.162 e. The van der Waals surface area contributed by atoms with E-state index in [1.165, 1.54) is 6.07 Å². The molecule has 16 heavy (non-hydrogen) atoms. The summed E-state index contributed by atoms with van der Waals surface area (Å²) in [5.41, 5.74) is 1.33. The number of hydrogen-bond acceptors (Lipinski definition) is 0. The average molecular weight is 283 g/mol. The molecule has 0 aliphatic carbocycles. The van der Waals surface area contributed by atoms with Gasteiger partial charge in [-0.2, -0.15) is 0 Å². The lowest BCUT2D eigenvalue weighted by atomic mass is 10.0. The Hall–Kier alpha value is -1.22. The number of rotatable bonds is 2. The van der Waals surface area contributed by atoms with Gasteiger partial charge in [-0.1, -0.05) is 40.2 Å². The van der Waals surface area contributed by atoms with Gasteiger partial charge in [0.1, 0.15) is 0 Å². The highest BCUT2D eigenvalue weighted by atomic mass is 79.9. The van der Waals surface area contributed by atoms with Gasteiger partial charge in [0.25, 0.3) is 0 Å². The van der Waals surface area contributed by atoms with Gasteiger partial charge >= 0.3 is 0 Å². The Morgan fingerprint density at radius 3 is 2.31 bits per heavy atom. The molecule has 0 saturated carbocycles. The molecule has 0 aliphatic rings. The molecule has 0 heterocycles. The fourth-order valence-electron chi connectivity index (χ4n) is 1.51. The Labute approximate surface area is 101 Å². The van der Waals surface area contributed by atoms with Gasteiger partial charge in [0.15, 0.2) is 11.6 Å². The normalized spacial score (nSPS) is 10.4. The molecule has 0 spiro atoms. The highest BCUT2D eigenvalue weighted by Crippen LogP contribution is 2.17. The average Bonchev–Trinajstić information content (AvgIpc) is 2.28. The predicted octanol–water partition coefficient (Wildman–Crippen LogP) is 4.32. The summed E-state index contributed by atoms with van der Waals surface area (Å²) in [6.07, 6.45) is 0.400. The lowest BCUT2D eigenvalue weighted by Crippen LogP contribution is -1.95. The van der Waals surface area contributed by atoms with Crippen molar-refractivity contribution in [2.24, 2.45) is 0 Å². The molecule has 0 unspecified atom stereocenters. The van der Waals surface area contributed by atoms with Crippen molar-refractivity contribution in [3.63, 3.8) is 0 Å². The topological polar surface area (TPSA) is 0 Å². The zero-order valence-corrected chi connectivity index (χ0v) is 9.97. The minimum atomic E-state index is -0.797. The zero-order chi connectivity index (χ0) is 11.5. The van der Waals surface area contributed by atoms with Gasteiger partial charge < -0.3 is 0 Å². The molecule has 2 aromatic carbocycles. The Balaban J connectivity index is 2.27. The van der Waals surface area contributed by atoms with Crippen LogP contribution in [0.25, 0.3) is 0 Å². The smallest absolute Gasteiger partial charge is 0.162 e. The molecule has 0 N–H and O–H groups in total. The molecule has 0 aliphatic heterocycles. The molecular weight excluding hydrogens is 274 g/mol. The molecule has 0 nitrogen and oxygen atoms in total. The fraction of sp³-hybridized carbons (Fsp3) is 0.0769. The van der Waals surface area contributed by atoms with Crippen LogP contribution < -0.4 is 0 Å². The van der Waals surface area contributed by atoms with Crippen LogP contribution >= 0.6 is 15.9 Å². The maximum absolute atomic E-state index is 13.4. The van der Waals surface area contributed by atoms with E-state index in [0.29, 0.717) is 12.0 Å². The largest absolute Gasteiger partial charge is 0.204 e. The van der Waals surface area contributed by atoms with Crippen molar-refractivity contribution in [3.05, 3.63) is 69.7 Å². The minimum absolute atomic E-state index is 0.377. The molecular formula is C13H9BrF2. The molecule has 0 atom stereocenters. The van der Waals surface area contributed by atoms with Crippen molar-refractivity contribution in [2.75, 3.05) is 0 Å². The fourth-order valence-corrected chi connectivity index (χ4v) is 1.77. The van der Waals surface area contributed by atoms with Crippen LogP contribution in [0.5, 0.6) is 0 Å². The van der Waals surface area contributed by atoms with E-state index in [2.05, 4.69) is 15.9 Å². The van der Waals surface area contributed by atoms with Crippen LogP contribution in [-0.4, -0.2) is 0 Å². The quantitative estimate of drug-likeness (QED) is 0.770. The lowest BCUT2D eigenvalue weighted by Gasteiger charge is -2.04. The standard InChI is InChI=1S/C13H9BrF2/c14-11-6-4-9(5-7-11)8-10-2-1-3-12(15)13(10)16/h1-7H,8H2. The first-order chi connectivity index (χ1) is 7.66. The first kappa shape index (κ1) is 11.3. The highest BCUT2D eigenvalue weighted by Gasteiger charge is 2.07. The Morgan fingerprint density at radius 1 is 0.938 bits per heavy atom. The lowest BCUT2D eigenvalue weighted by molar-refractivity contribution is 0.501. The van der Waals surface area contributed by atoms with Crippen LogP contribution in [0.1, 0.15) is 11.1 Å². The van der Waals surface area contributed by atoms with Gasteiger partial charge in [0.2, 0.25) is 0 Å². The summed E-state index contributed by atoms with van der Waals surface area (Å²) < 4.78 is 27.3. The van der Waals surface area contributed by atoms with Gasteiger partial charge in [-0.3, -0.25) is 0 Å². The molecule has 0 radical (unpaired) electrons. The Bertz CT molecular complexity index is 492. The summed E-state index contributed by atoms with van der Waals surface area (Å²) in [4.78, 5) is 0. The first-order valence-electron chi connectivity index (χ1n) is 4.84. The molecule has 0 amide bonds. The summed E-state index contributed by atoms with van der Waals surface area (Å²) in [5.74, 6) is -1.56. The maximum atomic E-state index is 13.4. The molecule has 0 saturated heterocycles. The summed E-state index contributed by atoms with van der Waals surface area (Å²) >= 11 is 3.32. The van der Waals surface area contributed by atoms with Crippen LogP contribution in [0, 0.1) is 11.6 Å². The molecule has 3 heteroatoms. The van der Waals surface area contributed by atoms with E-state index in [-0.39, 0.29) is 0 Å². The van der Waals surface area contributed by atoms with Crippen molar-refractivity contribution in [3.8, 4) is 0 Å². The monoisotopic (exact) mass is 282 g/mol. The third-order valence-electron chi connectivity index (χ3n) is 2.34. The van der Waals surface area contributed by atoms with Crippen molar-refractivity contribution in [1.82, 2.24) is 0 Å². The summed E-state index contributed by atoms with van der Waals surface area (Å²) in [6.45, 7) is 0. The summed E-state index contributed by atoms with van der Waals surface area (Å²) in [5, 5.41) is 0. The Kier molecular flexibility index (Phi) is 3.34. The van der Waals surface area contributed by atoms with Crippen molar-refractivity contribution in [2.45, 2.75) is 6.42 Å². The van der Waals surface area contributed by atoms with Gasteiger partial charge in [-0.25, -0.2) is 8.78 Å². The van der Waals surface area contributed by atoms with E-state index in [0.717, 1.165) is 16.1 Å². The van der Waals surface area contributed by atoms with E-state index in [1.807, 2.05) is 24.3 Å². The van der Waals surface area contributed by atoms with Crippen LogP contribution in [0.2, 0.25) is 0 Å². The van der Waals surface area contributed by atoms with E-state index < -0.39 is 11.6 Å². The third kappa shape index (κ3) is 2.47.